The highest BCUT2D eigenvalue weighted by Crippen LogP contribution is 2.22. The van der Waals surface area contributed by atoms with Crippen LogP contribution in [0.15, 0.2) is 0 Å². The monoisotopic (exact) mass is 189 g/mol. The Morgan fingerprint density at radius 2 is 1.92 bits per heavy atom. The Labute approximate surface area is 80.4 Å². The first-order valence-corrected chi connectivity index (χ1v) is 5.47. The Hall–Kier alpha value is 0.270. The van der Waals surface area contributed by atoms with Gasteiger partial charge < -0.3 is 5.11 Å². The summed E-state index contributed by atoms with van der Waals surface area (Å²) in [7, 11) is 0. The van der Waals surface area contributed by atoms with E-state index >= 15 is 0 Å². The van der Waals surface area contributed by atoms with Crippen molar-refractivity contribution < 1.29 is 5.11 Å². The summed E-state index contributed by atoms with van der Waals surface area (Å²) in [6.45, 7) is 2.13. The van der Waals surface area contributed by atoms with E-state index in [4.69, 9.17) is 5.11 Å². The van der Waals surface area contributed by atoms with E-state index in [1.807, 2.05) is 0 Å². The van der Waals surface area contributed by atoms with Crippen molar-refractivity contribution >= 4 is 12.6 Å². The van der Waals surface area contributed by atoms with Crippen molar-refractivity contribution in [1.29, 1.82) is 0 Å². The molecule has 0 radical (unpaired) electrons. The van der Waals surface area contributed by atoms with Gasteiger partial charge in [0.2, 0.25) is 0 Å². The largest absolute Gasteiger partial charge is 0.395 e. The molecule has 0 aromatic rings. The Bertz CT molecular complexity index is 109. The second-order valence-corrected chi connectivity index (χ2v) is 3.87. The van der Waals surface area contributed by atoms with Crippen molar-refractivity contribution in [3.8, 4) is 0 Å². The maximum absolute atomic E-state index is 8.86. The zero-order valence-electron chi connectivity index (χ0n) is 7.58. The van der Waals surface area contributed by atoms with Gasteiger partial charge in [-0.25, -0.2) is 0 Å². The molecule has 0 aliphatic heterocycles. The standard InChI is InChI=1S/C9H19NOS/c11-7-5-10(6-8-12)9-3-1-2-4-9/h9,11-12H,1-8H2. The van der Waals surface area contributed by atoms with Crippen LogP contribution in [-0.2, 0) is 0 Å². The Morgan fingerprint density at radius 3 is 2.42 bits per heavy atom. The first-order chi connectivity index (χ1) is 5.88. The summed E-state index contributed by atoms with van der Waals surface area (Å²) in [5, 5.41) is 8.86. The number of aliphatic hydroxyl groups is 1. The number of thiol groups is 1. The van der Waals surface area contributed by atoms with Gasteiger partial charge in [-0.2, -0.15) is 12.6 Å². The second kappa shape index (κ2) is 5.84. The fourth-order valence-electron chi connectivity index (χ4n) is 2.00. The van der Waals surface area contributed by atoms with E-state index < -0.39 is 0 Å². The molecule has 0 amide bonds. The molecule has 2 nitrogen and oxygen atoms in total. The van der Waals surface area contributed by atoms with Gasteiger partial charge in [0.05, 0.1) is 6.61 Å². The van der Waals surface area contributed by atoms with Crippen molar-refractivity contribution in [2.75, 3.05) is 25.4 Å². The lowest BCUT2D eigenvalue weighted by Gasteiger charge is -2.27. The van der Waals surface area contributed by atoms with E-state index in [2.05, 4.69) is 17.5 Å². The molecule has 1 rings (SSSR count). The van der Waals surface area contributed by atoms with Gasteiger partial charge >= 0.3 is 0 Å². The van der Waals surface area contributed by atoms with Crippen LogP contribution in [-0.4, -0.2) is 41.5 Å². The first-order valence-electron chi connectivity index (χ1n) is 4.84. The van der Waals surface area contributed by atoms with E-state index in [1.165, 1.54) is 25.7 Å². The fraction of sp³-hybridized carbons (Fsp3) is 1.00. The van der Waals surface area contributed by atoms with Crippen LogP contribution in [0.3, 0.4) is 0 Å². The maximum Gasteiger partial charge on any atom is 0.0558 e. The van der Waals surface area contributed by atoms with Crippen LogP contribution >= 0.6 is 12.6 Å². The molecule has 1 saturated carbocycles. The minimum Gasteiger partial charge on any atom is -0.395 e. The van der Waals surface area contributed by atoms with Crippen LogP contribution in [0.1, 0.15) is 25.7 Å². The van der Waals surface area contributed by atoms with E-state index in [1.54, 1.807) is 0 Å². The summed E-state index contributed by atoms with van der Waals surface area (Å²) in [5.74, 6) is 0.899. The topological polar surface area (TPSA) is 23.5 Å². The van der Waals surface area contributed by atoms with Crippen molar-refractivity contribution in [3.63, 3.8) is 0 Å². The third-order valence-corrected chi connectivity index (χ3v) is 2.82. The molecule has 0 aromatic carbocycles. The SMILES string of the molecule is OCCN(CCS)C1CCCC1. The number of hydrogen-bond donors (Lipinski definition) is 2. The number of aliphatic hydroxyl groups excluding tert-OH is 1. The molecule has 1 aliphatic rings. The lowest BCUT2D eigenvalue weighted by Crippen LogP contribution is -2.37. The minimum absolute atomic E-state index is 0.282. The maximum atomic E-state index is 8.86. The third kappa shape index (κ3) is 2.96. The molecule has 1 N–H and O–H groups in total. The smallest absolute Gasteiger partial charge is 0.0558 e. The molecule has 0 aromatic heterocycles. The third-order valence-electron chi connectivity index (χ3n) is 2.62. The average Bonchev–Trinajstić information content (AvgIpc) is 2.56. The quantitative estimate of drug-likeness (QED) is 0.634. The molecule has 0 saturated heterocycles. The zero-order chi connectivity index (χ0) is 8.81. The molecule has 1 fully saturated rings. The number of hydrogen-bond acceptors (Lipinski definition) is 3. The fourth-order valence-corrected chi connectivity index (χ4v) is 2.26. The Kier molecular flexibility index (Phi) is 5.04. The summed E-state index contributed by atoms with van der Waals surface area (Å²) in [5.41, 5.74) is 0. The molecular weight excluding hydrogens is 170 g/mol. The molecular formula is C9H19NOS. The normalized spacial score (nSPS) is 19.2. The molecule has 72 valence electrons. The predicted molar refractivity (Wildman–Crippen MR) is 54.8 cm³/mol. The van der Waals surface area contributed by atoms with E-state index in [9.17, 15) is 0 Å². The number of rotatable bonds is 5. The summed E-state index contributed by atoms with van der Waals surface area (Å²) >= 11 is 4.22. The van der Waals surface area contributed by atoms with Gasteiger partial charge in [-0.1, -0.05) is 12.8 Å². The van der Waals surface area contributed by atoms with Crippen molar-refractivity contribution in [1.82, 2.24) is 4.90 Å². The second-order valence-electron chi connectivity index (χ2n) is 3.42. The van der Waals surface area contributed by atoms with Gasteiger partial charge in [0.25, 0.3) is 0 Å². The van der Waals surface area contributed by atoms with Crippen molar-refractivity contribution in [3.05, 3.63) is 0 Å². The highest BCUT2D eigenvalue weighted by molar-refractivity contribution is 7.80. The minimum atomic E-state index is 0.282. The van der Waals surface area contributed by atoms with E-state index in [-0.39, 0.29) is 6.61 Å². The zero-order valence-corrected chi connectivity index (χ0v) is 8.47. The molecule has 1 aliphatic carbocycles. The molecule has 0 bridgehead atoms. The summed E-state index contributed by atoms with van der Waals surface area (Å²) in [6.07, 6.45) is 5.35. The van der Waals surface area contributed by atoms with Crippen LogP contribution in [0, 0.1) is 0 Å². The van der Waals surface area contributed by atoms with Gasteiger partial charge in [0, 0.05) is 24.9 Å². The van der Waals surface area contributed by atoms with Crippen LogP contribution in [0.25, 0.3) is 0 Å². The van der Waals surface area contributed by atoms with Gasteiger partial charge in [-0.3, -0.25) is 4.90 Å². The van der Waals surface area contributed by atoms with Gasteiger partial charge in [0.1, 0.15) is 0 Å². The van der Waals surface area contributed by atoms with E-state index in [0.29, 0.717) is 0 Å². The van der Waals surface area contributed by atoms with Gasteiger partial charge in [-0.05, 0) is 12.8 Å². The number of nitrogens with zero attached hydrogens (tertiary/aromatic N) is 1. The van der Waals surface area contributed by atoms with Crippen LogP contribution < -0.4 is 0 Å². The lowest BCUT2D eigenvalue weighted by atomic mass is 10.2. The van der Waals surface area contributed by atoms with Gasteiger partial charge in [-0.15, -0.1) is 0 Å². The van der Waals surface area contributed by atoms with Crippen LogP contribution in [0.2, 0.25) is 0 Å². The lowest BCUT2D eigenvalue weighted by molar-refractivity contribution is 0.160. The highest BCUT2D eigenvalue weighted by atomic mass is 32.1. The summed E-state index contributed by atoms with van der Waals surface area (Å²) in [4.78, 5) is 2.38. The molecule has 0 heterocycles. The predicted octanol–water partition coefficient (Wildman–Crippen LogP) is 1.15. The average molecular weight is 189 g/mol. The van der Waals surface area contributed by atoms with Crippen molar-refractivity contribution in [2.24, 2.45) is 0 Å². The molecule has 0 spiro atoms. The molecule has 12 heavy (non-hydrogen) atoms. The Morgan fingerprint density at radius 1 is 1.25 bits per heavy atom. The summed E-state index contributed by atoms with van der Waals surface area (Å²) in [6, 6.07) is 0.726. The van der Waals surface area contributed by atoms with Crippen LogP contribution in [0.5, 0.6) is 0 Å². The molecule has 0 atom stereocenters. The van der Waals surface area contributed by atoms with Gasteiger partial charge in [0.15, 0.2) is 0 Å². The molecule has 3 heteroatoms. The van der Waals surface area contributed by atoms with Crippen molar-refractivity contribution in [2.45, 2.75) is 31.7 Å². The highest BCUT2D eigenvalue weighted by Gasteiger charge is 2.20. The summed E-state index contributed by atoms with van der Waals surface area (Å²) < 4.78 is 0. The van der Waals surface area contributed by atoms with Crippen LogP contribution in [0.4, 0.5) is 0 Å². The molecule has 0 unspecified atom stereocenters. The van der Waals surface area contributed by atoms with E-state index in [0.717, 1.165) is 24.9 Å². The Balaban J connectivity index is 2.29. The first kappa shape index (κ1) is 10.4.